The van der Waals surface area contributed by atoms with Crippen LogP contribution in [0, 0.1) is 6.92 Å². The van der Waals surface area contributed by atoms with Crippen LogP contribution in [0.3, 0.4) is 0 Å². The van der Waals surface area contributed by atoms with Gasteiger partial charge in [-0.15, -0.1) is 10.2 Å². The number of carbonyl (C=O) groups is 1. The van der Waals surface area contributed by atoms with E-state index in [0.717, 1.165) is 29.3 Å². The van der Waals surface area contributed by atoms with Crippen molar-refractivity contribution in [2.45, 2.75) is 26.1 Å². The van der Waals surface area contributed by atoms with Gasteiger partial charge in [-0.05, 0) is 49.8 Å². The Balaban J connectivity index is 1.64. The van der Waals surface area contributed by atoms with Crippen molar-refractivity contribution in [3.8, 4) is 11.5 Å². The molecule has 0 saturated carbocycles. The first-order valence-electron chi connectivity index (χ1n) is 8.69. The van der Waals surface area contributed by atoms with E-state index in [-0.39, 0.29) is 11.5 Å². The Morgan fingerprint density at radius 2 is 1.86 bits per heavy atom. The molecule has 8 heteroatoms. The lowest BCUT2D eigenvalue weighted by Crippen LogP contribution is -2.06. The van der Waals surface area contributed by atoms with E-state index in [2.05, 4.69) is 10.2 Å². The van der Waals surface area contributed by atoms with E-state index in [9.17, 15) is 18.0 Å². The third kappa shape index (κ3) is 5.31. The summed E-state index contributed by atoms with van der Waals surface area (Å²) >= 11 is 0. The molecule has 29 heavy (non-hydrogen) atoms. The van der Waals surface area contributed by atoms with E-state index in [4.69, 9.17) is 9.15 Å². The number of aryl methyl sites for hydroxylation is 1. The molecule has 0 fully saturated rings. The number of esters is 1. The quantitative estimate of drug-likeness (QED) is 0.423. The summed E-state index contributed by atoms with van der Waals surface area (Å²) in [7, 11) is 0. The Labute approximate surface area is 164 Å². The van der Waals surface area contributed by atoms with Gasteiger partial charge in [0.2, 0.25) is 5.89 Å². The fourth-order valence-corrected chi connectivity index (χ4v) is 2.46. The van der Waals surface area contributed by atoms with E-state index >= 15 is 0 Å². The van der Waals surface area contributed by atoms with Crippen LogP contribution in [0.5, 0.6) is 0 Å². The molecule has 0 saturated heterocycles. The lowest BCUT2D eigenvalue weighted by atomic mass is 10.1. The number of benzene rings is 2. The van der Waals surface area contributed by atoms with Gasteiger partial charge in [-0.2, -0.15) is 13.2 Å². The molecule has 0 amide bonds. The predicted molar refractivity (Wildman–Crippen MR) is 99.5 cm³/mol. The van der Waals surface area contributed by atoms with Crippen molar-refractivity contribution in [3.05, 3.63) is 77.2 Å². The van der Waals surface area contributed by atoms with E-state index in [0.29, 0.717) is 5.89 Å². The van der Waals surface area contributed by atoms with E-state index in [1.165, 1.54) is 18.2 Å². The molecule has 150 valence electrons. The molecule has 3 aromatic rings. The molecule has 1 aromatic heterocycles. The van der Waals surface area contributed by atoms with Gasteiger partial charge in [0.05, 0.1) is 5.56 Å². The molecule has 0 aliphatic heterocycles. The summed E-state index contributed by atoms with van der Waals surface area (Å²) in [6, 6.07) is 12.1. The minimum atomic E-state index is -4.45. The summed E-state index contributed by atoms with van der Waals surface area (Å²) in [4.78, 5) is 12.0. The smallest absolute Gasteiger partial charge is 0.416 e. The maximum Gasteiger partial charge on any atom is 0.416 e. The summed E-state index contributed by atoms with van der Waals surface area (Å²) in [5.74, 6) is -0.339. The van der Waals surface area contributed by atoms with Gasteiger partial charge in [0, 0.05) is 11.6 Å². The van der Waals surface area contributed by atoms with Gasteiger partial charge >= 0.3 is 12.1 Å². The van der Waals surface area contributed by atoms with Crippen LogP contribution in [0.15, 0.2) is 59.0 Å². The largest absolute Gasteiger partial charge is 0.449 e. The van der Waals surface area contributed by atoms with Crippen LogP contribution >= 0.6 is 0 Å². The Morgan fingerprint density at radius 3 is 2.55 bits per heavy atom. The third-order valence-corrected chi connectivity index (χ3v) is 4.01. The average molecular weight is 402 g/mol. The van der Waals surface area contributed by atoms with Gasteiger partial charge in [-0.25, -0.2) is 4.79 Å². The number of rotatable bonds is 5. The predicted octanol–water partition coefficient (Wildman–Crippen LogP) is 5.38. The molecule has 1 heterocycles. The normalized spacial score (nSPS) is 12.9. The maximum absolute atomic E-state index is 12.7. The average Bonchev–Trinajstić information content (AvgIpc) is 3.17. The lowest BCUT2D eigenvalue weighted by Gasteiger charge is -2.08. The minimum Gasteiger partial charge on any atom is -0.449 e. The number of hydrogen-bond donors (Lipinski definition) is 0. The Kier molecular flexibility index (Phi) is 5.81. The zero-order valence-corrected chi connectivity index (χ0v) is 15.6. The summed E-state index contributed by atoms with van der Waals surface area (Å²) in [6.07, 6.45) is -2.98. The first-order valence-corrected chi connectivity index (χ1v) is 8.69. The van der Waals surface area contributed by atoms with Crippen molar-refractivity contribution in [2.24, 2.45) is 0 Å². The Morgan fingerprint density at radius 1 is 1.14 bits per heavy atom. The van der Waals surface area contributed by atoms with Gasteiger partial charge in [0.1, 0.15) is 0 Å². The number of halogens is 3. The number of alkyl halides is 3. The molecule has 0 unspecified atom stereocenters. The first-order chi connectivity index (χ1) is 13.7. The fourth-order valence-electron chi connectivity index (χ4n) is 2.46. The van der Waals surface area contributed by atoms with Crippen LogP contribution in [-0.4, -0.2) is 16.2 Å². The topological polar surface area (TPSA) is 65.2 Å². The highest BCUT2D eigenvalue weighted by molar-refractivity contribution is 5.87. The van der Waals surface area contributed by atoms with Crippen LogP contribution in [0.1, 0.15) is 35.6 Å². The molecule has 1 atom stereocenters. The number of nitrogens with zero attached hydrogens (tertiary/aromatic N) is 2. The molecular weight excluding hydrogens is 385 g/mol. The monoisotopic (exact) mass is 402 g/mol. The van der Waals surface area contributed by atoms with Crippen LogP contribution in [0.25, 0.3) is 17.5 Å². The summed E-state index contributed by atoms with van der Waals surface area (Å²) in [6.45, 7) is 3.51. The molecule has 0 N–H and O–H groups in total. The number of aromatic nitrogens is 2. The van der Waals surface area contributed by atoms with Crippen molar-refractivity contribution in [1.29, 1.82) is 0 Å². The molecule has 0 aliphatic rings. The van der Waals surface area contributed by atoms with E-state index < -0.39 is 23.8 Å². The second-order valence-electron chi connectivity index (χ2n) is 6.35. The first kappa shape index (κ1) is 20.3. The number of carbonyl (C=O) groups excluding carboxylic acids is 1. The Bertz CT molecular complexity index is 1020. The van der Waals surface area contributed by atoms with Crippen LogP contribution in [0.2, 0.25) is 0 Å². The van der Waals surface area contributed by atoms with Gasteiger partial charge in [-0.1, -0.05) is 29.8 Å². The molecule has 0 bridgehead atoms. The van der Waals surface area contributed by atoms with E-state index in [1.54, 1.807) is 6.92 Å². The molecule has 0 aliphatic carbocycles. The minimum absolute atomic E-state index is 0.112. The molecule has 3 rings (SSSR count). The lowest BCUT2D eigenvalue weighted by molar-refractivity contribution is -0.143. The standard InChI is InChI=1S/C21H17F3N2O3/c1-13-6-9-16(10-7-13)20-26-25-19(29-20)14(2)28-18(27)11-8-15-4-3-5-17(12-15)21(22,23)24/h3-12,14H,1-2H3/b11-8+/t14-/m1/s1. The van der Waals surface area contributed by atoms with Crippen molar-refractivity contribution in [2.75, 3.05) is 0 Å². The second-order valence-corrected chi connectivity index (χ2v) is 6.35. The van der Waals surface area contributed by atoms with Crippen molar-refractivity contribution < 1.29 is 27.1 Å². The zero-order chi connectivity index (χ0) is 21.0. The highest BCUT2D eigenvalue weighted by Gasteiger charge is 2.30. The number of hydrogen-bond acceptors (Lipinski definition) is 5. The van der Waals surface area contributed by atoms with Crippen molar-refractivity contribution in [1.82, 2.24) is 10.2 Å². The summed E-state index contributed by atoms with van der Waals surface area (Å²) in [5, 5.41) is 7.82. The van der Waals surface area contributed by atoms with Crippen LogP contribution in [-0.2, 0) is 15.7 Å². The van der Waals surface area contributed by atoms with Gasteiger partial charge < -0.3 is 9.15 Å². The summed E-state index contributed by atoms with van der Waals surface area (Å²) < 4.78 is 48.9. The summed E-state index contributed by atoms with van der Waals surface area (Å²) in [5.41, 5.74) is 1.25. The van der Waals surface area contributed by atoms with Crippen LogP contribution < -0.4 is 0 Å². The molecule has 0 radical (unpaired) electrons. The highest BCUT2D eigenvalue weighted by Crippen LogP contribution is 2.29. The molecule has 0 spiro atoms. The SMILES string of the molecule is Cc1ccc(-c2nnc([C@@H](C)OC(=O)/C=C/c3cccc(C(F)(F)F)c3)o2)cc1. The molecule has 2 aromatic carbocycles. The highest BCUT2D eigenvalue weighted by atomic mass is 19.4. The van der Waals surface area contributed by atoms with Crippen molar-refractivity contribution >= 4 is 12.0 Å². The fraction of sp³-hybridized carbons (Fsp3) is 0.190. The third-order valence-electron chi connectivity index (χ3n) is 4.01. The maximum atomic E-state index is 12.7. The Hall–Kier alpha value is -3.42. The van der Waals surface area contributed by atoms with Crippen molar-refractivity contribution in [3.63, 3.8) is 0 Å². The molecular formula is C21H17F3N2O3. The van der Waals surface area contributed by atoms with Gasteiger partial charge in [0.25, 0.3) is 5.89 Å². The second kappa shape index (κ2) is 8.30. The van der Waals surface area contributed by atoms with E-state index in [1.807, 2.05) is 31.2 Å². The molecule has 5 nitrogen and oxygen atoms in total. The van der Waals surface area contributed by atoms with Gasteiger partial charge in [0.15, 0.2) is 6.10 Å². The zero-order valence-electron chi connectivity index (χ0n) is 15.6. The van der Waals surface area contributed by atoms with Gasteiger partial charge in [-0.3, -0.25) is 0 Å². The number of ether oxygens (including phenoxy) is 1. The van der Waals surface area contributed by atoms with Crippen LogP contribution in [0.4, 0.5) is 13.2 Å².